The Hall–Kier alpha value is -1.70. The molecule has 24 heavy (non-hydrogen) atoms. The van der Waals surface area contributed by atoms with E-state index < -0.39 is 10.0 Å². The monoisotopic (exact) mass is 349 g/mol. The lowest BCUT2D eigenvalue weighted by atomic mass is 9.92. The summed E-state index contributed by atoms with van der Waals surface area (Å²) in [6, 6.07) is 8.12. The first kappa shape index (κ1) is 17.1. The second kappa shape index (κ2) is 7.46. The van der Waals surface area contributed by atoms with Crippen LogP contribution in [0.3, 0.4) is 0 Å². The van der Waals surface area contributed by atoms with E-state index in [2.05, 4.69) is 9.71 Å². The molecule has 0 aliphatic carbocycles. The minimum Gasteiger partial charge on any atom is -0.381 e. The van der Waals surface area contributed by atoms with Gasteiger partial charge in [-0.1, -0.05) is 18.2 Å². The van der Waals surface area contributed by atoms with Gasteiger partial charge < -0.3 is 9.30 Å². The summed E-state index contributed by atoms with van der Waals surface area (Å²) >= 11 is 0. The summed E-state index contributed by atoms with van der Waals surface area (Å²) < 4.78 is 35.9. The first-order chi connectivity index (χ1) is 11.6. The third kappa shape index (κ3) is 3.68. The molecule has 0 unspecified atom stereocenters. The van der Waals surface area contributed by atoms with Crippen molar-refractivity contribution in [2.75, 3.05) is 13.2 Å². The highest BCUT2D eigenvalue weighted by Crippen LogP contribution is 2.31. The number of aryl methyl sites for hydroxylation is 1. The molecule has 0 spiro atoms. The highest BCUT2D eigenvalue weighted by molar-refractivity contribution is 7.89. The topological polar surface area (TPSA) is 73.2 Å². The van der Waals surface area contributed by atoms with Gasteiger partial charge in [-0.3, -0.25) is 0 Å². The van der Waals surface area contributed by atoms with Crippen molar-refractivity contribution in [3.05, 3.63) is 48.5 Å². The molecule has 0 bridgehead atoms. The number of imidazole rings is 1. The Labute approximate surface area is 142 Å². The molecule has 1 N–H and O–H groups in total. The third-order valence-corrected chi connectivity index (χ3v) is 5.90. The molecule has 3 rings (SSSR count). The Balaban J connectivity index is 1.93. The average Bonchev–Trinajstić information content (AvgIpc) is 3.10. The predicted molar refractivity (Wildman–Crippen MR) is 90.9 cm³/mol. The number of hydrogen-bond acceptors (Lipinski definition) is 4. The van der Waals surface area contributed by atoms with Crippen LogP contribution in [0.5, 0.6) is 0 Å². The molecule has 1 aliphatic rings. The molecule has 1 saturated heterocycles. The van der Waals surface area contributed by atoms with Crippen molar-refractivity contribution >= 4 is 10.0 Å². The van der Waals surface area contributed by atoms with Crippen LogP contribution >= 0.6 is 0 Å². The molecule has 0 saturated carbocycles. The number of aromatic nitrogens is 2. The van der Waals surface area contributed by atoms with Crippen molar-refractivity contribution in [3.8, 4) is 0 Å². The van der Waals surface area contributed by atoms with Crippen molar-refractivity contribution in [3.63, 3.8) is 0 Å². The van der Waals surface area contributed by atoms with Gasteiger partial charge in [-0.2, -0.15) is 0 Å². The second-order valence-corrected chi connectivity index (χ2v) is 7.65. The molecule has 130 valence electrons. The summed E-state index contributed by atoms with van der Waals surface area (Å²) in [7, 11) is -3.60. The lowest BCUT2D eigenvalue weighted by molar-refractivity contribution is 0.0550. The van der Waals surface area contributed by atoms with Crippen LogP contribution in [0, 0.1) is 5.92 Å². The van der Waals surface area contributed by atoms with Crippen LogP contribution in [0.25, 0.3) is 0 Å². The van der Waals surface area contributed by atoms with Crippen LogP contribution in [0.15, 0.2) is 47.6 Å². The lowest BCUT2D eigenvalue weighted by Gasteiger charge is -2.30. The maximum Gasteiger partial charge on any atom is 0.241 e. The molecule has 1 aromatic carbocycles. The number of ether oxygens (including phenoxy) is 1. The zero-order valence-corrected chi connectivity index (χ0v) is 14.6. The standard InChI is InChI=1S/C17H23N3O3S/c1-2-20-11-10-18-17(20)16(14-8-12-23-13-9-14)19-24(21,22)15-6-4-3-5-7-15/h3-7,10-11,14,16,19H,2,8-9,12-13H2,1H3/t16-/m1/s1. The Bertz CT molecular complexity index is 752. The van der Waals surface area contributed by atoms with Gasteiger partial charge in [-0.15, -0.1) is 0 Å². The second-order valence-electron chi connectivity index (χ2n) is 5.93. The molecule has 2 aromatic rings. The van der Waals surface area contributed by atoms with Gasteiger partial charge in [0.15, 0.2) is 0 Å². The highest BCUT2D eigenvalue weighted by Gasteiger charge is 2.32. The van der Waals surface area contributed by atoms with Gasteiger partial charge in [0.25, 0.3) is 0 Å². The van der Waals surface area contributed by atoms with Crippen molar-refractivity contribution in [2.45, 2.75) is 37.2 Å². The number of benzene rings is 1. The van der Waals surface area contributed by atoms with Crippen LogP contribution in [-0.2, 0) is 21.3 Å². The van der Waals surface area contributed by atoms with Crippen molar-refractivity contribution in [1.82, 2.24) is 14.3 Å². The molecule has 2 heterocycles. The zero-order chi connectivity index (χ0) is 17.0. The third-order valence-electron chi connectivity index (χ3n) is 4.44. The highest BCUT2D eigenvalue weighted by atomic mass is 32.2. The minimum atomic E-state index is -3.60. The molecule has 0 amide bonds. The molecule has 1 aromatic heterocycles. The number of hydrogen-bond donors (Lipinski definition) is 1. The molecule has 0 radical (unpaired) electrons. The Morgan fingerprint density at radius 1 is 1.29 bits per heavy atom. The maximum absolute atomic E-state index is 12.8. The van der Waals surface area contributed by atoms with E-state index >= 15 is 0 Å². The fourth-order valence-corrected chi connectivity index (χ4v) is 4.39. The number of rotatable bonds is 6. The predicted octanol–water partition coefficient (Wildman–Crippen LogP) is 2.35. The van der Waals surface area contributed by atoms with Crippen molar-refractivity contribution < 1.29 is 13.2 Å². The van der Waals surface area contributed by atoms with E-state index in [9.17, 15) is 8.42 Å². The first-order valence-electron chi connectivity index (χ1n) is 8.28. The summed E-state index contributed by atoms with van der Waals surface area (Å²) in [6.45, 7) is 4.09. The van der Waals surface area contributed by atoms with Gasteiger partial charge in [0.05, 0.1) is 10.9 Å². The first-order valence-corrected chi connectivity index (χ1v) is 9.76. The van der Waals surface area contributed by atoms with E-state index in [1.54, 1.807) is 36.5 Å². The van der Waals surface area contributed by atoms with Gasteiger partial charge in [-0.25, -0.2) is 18.1 Å². The quantitative estimate of drug-likeness (QED) is 0.869. The molecule has 7 heteroatoms. The molecule has 6 nitrogen and oxygen atoms in total. The van der Waals surface area contributed by atoms with E-state index in [1.807, 2.05) is 17.7 Å². The van der Waals surface area contributed by atoms with Gasteiger partial charge in [0.2, 0.25) is 10.0 Å². The SMILES string of the molecule is CCn1ccnc1[C@H](NS(=O)(=O)c1ccccc1)C1CCOCC1. The molecule has 1 fully saturated rings. The normalized spacial score (nSPS) is 17.7. The fraction of sp³-hybridized carbons (Fsp3) is 0.471. The van der Waals surface area contributed by atoms with Crippen LogP contribution in [0.4, 0.5) is 0 Å². The smallest absolute Gasteiger partial charge is 0.241 e. The Kier molecular flexibility index (Phi) is 5.33. The van der Waals surface area contributed by atoms with Gasteiger partial charge in [0.1, 0.15) is 5.82 Å². The van der Waals surface area contributed by atoms with E-state index in [-0.39, 0.29) is 16.9 Å². The Morgan fingerprint density at radius 3 is 2.67 bits per heavy atom. The maximum atomic E-state index is 12.8. The number of nitrogens with one attached hydrogen (secondary N) is 1. The van der Waals surface area contributed by atoms with Crippen LogP contribution in [-0.4, -0.2) is 31.2 Å². The van der Waals surface area contributed by atoms with Crippen LogP contribution in [0.2, 0.25) is 0 Å². The molecule has 1 aliphatic heterocycles. The molecule has 1 atom stereocenters. The van der Waals surface area contributed by atoms with E-state index in [0.717, 1.165) is 25.2 Å². The van der Waals surface area contributed by atoms with Gasteiger partial charge in [-0.05, 0) is 37.8 Å². The van der Waals surface area contributed by atoms with Gasteiger partial charge >= 0.3 is 0 Å². The summed E-state index contributed by atoms with van der Waals surface area (Å²) in [4.78, 5) is 4.71. The Morgan fingerprint density at radius 2 is 2.00 bits per heavy atom. The van der Waals surface area contributed by atoms with E-state index in [4.69, 9.17) is 4.74 Å². The van der Waals surface area contributed by atoms with E-state index in [0.29, 0.717) is 13.2 Å². The fourth-order valence-electron chi connectivity index (χ4n) is 3.11. The molecular formula is C17H23N3O3S. The van der Waals surface area contributed by atoms with E-state index in [1.165, 1.54) is 0 Å². The number of nitrogens with zero attached hydrogens (tertiary/aromatic N) is 2. The molecular weight excluding hydrogens is 326 g/mol. The summed E-state index contributed by atoms with van der Waals surface area (Å²) in [5.41, 5.74) is 0. The average molecular weight is 349 g/mol. The summed E-state index contributed by atoms with van der Waals surface area (Å²) in [6.07, 6.45) is 5.25. The van der Waals surface area contributed by atoms with Crippen LogP contribution in [0.1, 0.15) is 31.6 Å². The zero-order valence-electron chi connectivity index (χ0n) is 13.8. The van der Waals surface area contributed by atoms with Crippen molar-refractivity contribution in [2.24, 2.45) is 5.92 Å². The lowest BCUT2D eigenvalue weighted by Crippen LogP contribution is -2.37. The largest absolute Gasteiger partial charge is 0.381 e. The van der Waals surface area contributed by atoms with Gasteiger partial charge in [0, 0.05) is 32.2 Å². The summed E-state index contributed by atoms with van der Waals surface area (Å²) in [5, 5.41) is 0. The van der Waals surface area contributed by atoms with Crippen LogP contribution < -0.4 is 4.72 Å². The minimum absolute atomic E-state index is 0.171. The van der Waals surface area contributed by atoms with Crippen molar-refractivity contribution in [1.29, 1.82) is 0 Å². The summed E-state index contributed by atoms with van der Waals surface area (Å²) in [5.74, 6) is 0.939. The number of sulfonamides is 1.